The number of hydrogen-bond acceptors (Lipinski definition) is 12. The van der Waals surface area contributed by atoms with Crippen LogP contribution in [-0.4, -0.2) is 91.6 Å². The van der Waals surface area contributed by atoms with Gasteiger partial charge < -0.3 is 35.4 Å². The zero-order valence-electron chi connectivity index (χ0n) is 23.2. The summed E-state index contributed by atoms with van der Waals surface area (Å²) < 4.78 is 12.3. The molecule has 0 amide bonds. The highest BCUT2D eigenvalue weighted by Crippen LogP contribution is 2.45. The van der Waals surface area contributed by atoms with Gasteiger partial charge in [-0.25, -0.2) is 9.97 Å². The van der Waals surface area contributed by atoms with E-state index in [1.807, 2.05) is 19.9 Å². The van der Waals surface area contributed by atoms with Crippen molar-refractivity contribution in [3.63, 3.8) is 0 Å². The van der Waals surface area contributed by atoms with E-state index in [4.69, 9.17) is 24.4 Å². The first-order valence-corrected chi connectivity index (χ1v) is 14.9. The Hall–Kier alpha value is -2.48. The molecule has 0 spiro atoms. The van der Waals surface area contributed by atoms with Gasteiger partial charge in [0.05, 0.1) is 46.0 Å². The Morgan fingerprint density at radius 3 is 2.60 bits per heavy atom. The molecule has 3 aromatic heterocycles. The number of fused-ring (bicyclic) bond motifs is 1. The van der Waals surface area contributed by atoms with Crippen molar-refractivity contribution in [1.82, 2.24) is 19.9 Å². The summed E-state index contributed by atoms with van der Waals surface area (Å²) in [6.07, 6.45) is 4.04. The molecule has 1 aliphatic heterocycles. The first-order chi connectivity index (χ1) is 19.2. The summed E-state index contributed by atoms with van der Waals surface area (Å²) in [7, 11) is 1.68. The lowest BCUT2D eigenvalue weighted by atomic mass is 9.83. The van der Waals surface area contributed by atoms with Crippen LogP contribution in [0.3, 0.4) is 0 Å². The average molecular weight is 571 g/mol. The fourth-order valence-electron chi connectivity index (χ4n) is 6.55. The van der Waals surface area contributed by atoms with Gasteiger partial charge in [-0.2, -0.15) is 4.98 Å². The van der Waals surface area contributed by atoms with Crippen molar-refractivity contribution in [3.8, 4) is 10.6 Å². The lowest BCUT2D eigenvalue weighted by Gasteiger charge is -2.32. The van der Waals surface area contributed by atoms with E-state index in [2.05, 4.69) is 15.6 Å². The van der Waals surface area contributed by atoms with Crippen LogP contribution < -0.4 is 10.6 Å². The number of pyridine rings is 1. The Kier molecular flexibility index (Phi) is 7.43. The number of nitrogens with zero attached hydrogens (tertiary/aromatic N) is 4. The molecule has 12 heteroatoms. The van der Waals surface area contributed by atoms with Crippen molar-refractivity contribution >= 4 is 33.3 Å². The van der Waals surface area contributed by atoms with Crippen LogP contribution in [0.5, 0.6) is 0 Å². The molecule has 0 aromatic carbocycles. The molecule has 0 bridgehead atoms. The molecule has 3 aromatic rings. The zero-order valence-corrected chi connectivity index (χ0v) is 24.0. The maximum atomic E-state index is 11.2. The smallest absolute Gasteiger partial charge is 0.225 e. The molecule has 3 fully saturated rings. The Balaban J connectivity index is 1.35. The molecule has 5 atom stereocenters. The molecule has 3 aliphatic rings. The van der Waals surface area contributed by atoms with Gasteiger partial charge in [0.2, 0.25) is 5.95 Å². The van der Waals surface area contributed by atoms with Gasteiger partial charge in [0, 0.05) is 38.8 Å². The van der Waals surface area contributed by atoms with Crippen LogP contribution in [0.15, 0.2) is 12.3 Å². The van der Waals surface area contributed by atoms with E-state index in [0.717, 1.165) is 51.4 Å². The van der Waals surface area contributed by atoms with E-state index in [0.29, 0.717) is 50.8 Å². The molecule has 6 rings (SSSR count). The Bertz CT molecular complexity index is 1370. The van der Waals surface area contributed by atoms with Crippen LogP contribution >= 0.6 is 11.3 Å². The molecular weight excluding hydrogens is 532 g/mol. The number of nitrogens with one attached hydrogen (secondary N) is 2. The topological polar surface area (TPSA) is 155 Å². The maximum absolute atomic E-state index is 11.2. The molecule has 2 saturated carbocycles. The van der Waals surface area contributed by atoms with E-state index in [9.17, 15) is 15.3 Å². The Morgan fingerprint density at radius 1 is 1.10 bits per heavy atom. The zero-order chi connectivity index (χ0) is 28.1. The monoisotopic (exact) mass is 570 g/mol. The van der Waals surface area contributed by atoms with Crippen LogP contribution in [0, 0.1) is 19.8 Å². The maximum Gasteiger partial charge on any atom is 0.225 e. The first-order valence-electron chi connectivity index (χ1n) is 14.0. The third-order valence-corrected chi connectivity index (χ3v) is 10.1. The lowest BCUT2D eigenvalue weighted by Crippen LogP contribution is -2.42. The minimum absolute atomic E-state index is 0.411. The molecule has 4 heterocycles. The van der Waals surface area contributed by atoms with E-state index in [1.54, 1.807) is 13.3 Å². The fraction of sp³-hybridized carbons (Fsp3) is 0.643. The lowest BCUT2D eigenvalue weighted by molar-refractivity contribution is -0.0763. The Labute approximate surface area is 237 Å². The van der Waals surface area contributed by atoms with Crippen molar-refractivity contribution in [2.45, 2.75) is 81.8 Å². The quantitative estimate of drug-likeness (QED) is 0.272. The molecule has 40 heavy (non-hydrogen) atoms. The SMILES string of the molecule is CO[C@@]1(CNc2nc(C)c(-c3nc4c(C)nccc4s3)c(N[C@@H]3C[C@H](C4(O)CCCC4)[C@@H](O)[C@H]3O)n2)CCOC1. The van der Waals surface area contributed by atoms with Gasteiger partial charge in [-0.15, -0.1) is 11.3 Å². The number of aliphatic hydroxyl groups excluding tert-OH is 2. The molecule has 1 saturated heterocycles. The van der Waals surface area contributed by atoms with Crippen molar-refractivity contribution in [1.29, 1.82) is 0 Å². The summed E-state index contributed by atoms with van der Waals surface area (Å²) in [6.45, 7) is 5.47. The molecular formula is C28H38N6O5S. The van der Waals surface area contributed by atoms with Gasteiger partial charge in [0.25, 0.3) is 0 Å². The number of aromatic nitrogens is 4. The highest BCUT2D eigenvalue weighted by Gasteiger charge is 2.52. The summed E-state index contributed by atoms with van der Waals surface area (Å²) >= 11 is 1.54. The van der Waals surface area contributed by atoms with Crippen LogP contribution in [0.4, 0.5) is 11.8 Å². The summed E-state index contributed by atoms with van der Waals surface area (Å²) in [5.74, 6) is 0.528. The van der Waals surface area contributed by atoms with Crippen molar-refractivity contribution in [2.24, 2.45) is 5.92 Å². The second kappa shape index (κ2) is 10.7. The normalized spacial score (nSPS) is 29.9. The van der Waals surface area contributed by atoms with Gasteiger partial charge >= 0.3 is 0 Å². The number of hydrogen-bond donors (Lipinski definition) is 5. The number of thiazole rings is 1. The van der Waals surface area contributed by atoms with E-state index < -0.39 is 35.4 Å². The molecule has 0 radical (unpaired) electrons. The Morgan fingerprint density at radius 2 is 1.90 bits per heavy atom. The highest BCUT2D eigenvalue weighted by atomic mass is 32.1. The highest BCUT2D eigenvalue weighted by molar-refractivity contribution is 7.21. The number of aryl methyl sites for hydroxylation is 2. The second-order valence-electron chi connectivity index (χ2n) is 11.5. The predicted molar refractivity (Wildman–Crippen MR) is 153 cm³/mol. The number of anilines is 2. The summed E-state index contributed by atoms with van der Waals surface area (Å²) in [5.41, 5.74) is 1.73. The summed E-state index contributed by atoms with van der Waals surface area (Å²) in [4.78, 5) is 18.9. The van der Waals surface area contributed by atoms with Crippen molar-refractivity contribution in [3.05, 3.63) is 23.7 Å². The third-order valence-electron chi connectivity index (χ3n) is 9.03. The predicted octanol–water partition coefficient (Wildman–Crippen LogP) is 2.81. The summed E-state index contributed by atoms with van der Waals surface area (Å²) in [6, 6.07) is 1.44. The van der Waals surface area contributed by atoms with Crippen LogP contribution in [0.1, 0.15) is 49.9 Å². The van der Waals surface area contributed by atoms with E-state index in [-0.39, 0.29) is 0 Å². The van der Waals surface area contributed by atoms with E-state index in [1.165, 1.54) is 11.3 Å². The standard InChI is InChI=1S/C28H38N6O5S/c1-15-20(25-33-21-16(2)29-10-6-19(21)40-25)24(34-26(31-15)30-13-27(38-3)9-11-39-14-27)32-18-12-17(22(35)23(18)36)28(37)7-4-5-8-28/h6,10,17-18,22-23,35-37H,4-5,7-9,11-14H2,1-3H3,(H2,30,31,32,34)/t17-,18+,22+,23-,27+/m0/s1. The molecule has 2 aliphatic carbocycles. The number of aliphatic hydroxyl groups is 3. The van der Waals surface area contributed by atoms with Gasteiger partial charge in [-0.1, -0.05) is 12.8 Å². The van der Waals surface area contributed by atoms with Gasteiger partial charge in [0.15, 0.2) is 0 Å². The number of methoxy groups -OCH3 is 1. The molecule has 0 unspecified atom stereocenters. The minimum Gasteiger partial charge on any atom is -0.390 e. The second-order valence-corrected chi connectivity index (χ2v) is 12.6. The average Bonchev–Trinajstić information content (AvgIpc) is 3.73. The van der Waals surface area contributed by atoms with Crippen LogP contribution in [0.2, 0.25) is 0 Å². The summed E-state index contributed by atoms with van der Waals surface area (Å²) in [5, 5.41) is 40.8. The van der Waals surface area contributed by atoms with Crippen LogP contribution in [-0.2, 0) is 9.47 Å². The van der Waals surface area contributed by atoms with E-state index >= 15 is 0 Å². The molecule has 216 valence electrons. The van der Waals surface area contributed by atoms with Crippen molar-refractivity contribution < 1.29 is 24.8 Å². The van der Waals surface area contributed by atoms with Gasteiger partial charge in [0.1, 0.15) is 28.0 Å². The molecule has 11 nitrogen and oxygen atoms in total. The molecule has 5 N–H and O–H groups in total. The van der Waals surface area contributed by atoms with Gasteiger partial charge in [-0.05, 0) is 39.2 Å². The first kappa shape index (κ1) is 27.7. The number of rotatable bonds is 8. The number of ether oxygens (including phenoxy) is 2. The van der Waals surface area contributed by atoms with Crippen LogP contribution in [0.25, 0.3) is 20.8 Å². The van der Waals surface area contributed by atoms with Crippen molar-refractivity contribution in [2.75, 3.05) is 37.5 Å². The fourth-order valence-corrected chi connectivity index (χ4v) is 7.66. The van der Waals surface area contributed by atoms with Gasteiger partial charge in [-0.3, -0.25) is 4.98 Å². The third kappa shape index (κ3) is 4.94. The minimum atomic E-state index is -1.05. The largest absolute Gasteiger partial charge is 0.390 e.